The molecule has 100 valence electrons. The van der Waals surface area contributed by atoms with Crippen LogP contribution < -0.4 is 15.2 Å². The first-order chi connectivity index (χ1) is 8.76. The quantitative estimate of drug-likeness (QED) is 0.888. The standard InChI is InChI=1S/C14H21NO3/c1-3-18-14-8-10(4-5-13(14)16-2)11-9-17-7-6-12(11)15/h4-5,8,11-12H,3,6-7,9,15H2,1-2H3. The summed E-state index contributed by atoms with van der Waals surface area (Å²) in [5.41, 5.74) is 7.31. The molecule has 0 aliphatic carbocycles. The number of methoxy groups -OCH3 is 1. The van der Waals surface area contributed by atoms with E-state index in [0.29, 0.717) is 13.2 Å². The Labute approximate surface area is 108 Å². The average Bonchev–Trinajstić information content (AvgIpc) is 2.40. The van der Waals surface area contributed by atoms with E-state index >= 15 is 0 Å². The van der Waals surface area contributed by atoms with Crippen LogP contribution in [0.3, 0.4) is 0 Å². The third-order valence-electron chi connectivity index (χ3n) is 3.33. The molecule has 4 heteroatoms. The molecule has 0 amide bonds. The molecule has 1 fully saturated rings. The van der Waals surface area contributed by atoms with Crippen LogP contribution >= 0.6 is 0 Å². The summed E-state index contributed by atoms with van der Waals surface area (Å²) in [6.45, 7) is 4.01. The molecule has 0 radical (unpaired) electrons. The molecule has 1 saturated heterocycles. The highest BCUT2D eigenvalue weighted by molar-refractivity contribution is 5.44. The van der Waals surface area contributed by atoms with Crippen molar-refractivity contribution < 1.29 is 14.2 Å². The number of ether oxygens (including phenoxy) is 3. The minimum absolute atomic E-state index is 0.154. The molecule has 18 heavy (non-hydrogen) atoms. The summed E-state index contributed by atoms with van der Waals surface area (Å²) in [4.78, 5) is 0. The number of hydrogen-bond donors (Lipinski definition) is 1. The second-order valence-corrected chi connectivity index (χ2v) is 4.48. The monoisotopic (exact) mass is 251 g/mol. The van der Waals surface area contributed by atoms with Crippen LogP contribution in [0.25, 0.3) is 0 Å². The number of hydrogen-bond acceptors (Lipinski definition) is 4. The van der Waals surface area contributed by atoms with Crippen LogP contribution in [0.15, 0.2) is 18.2 Å². The molecule has 1 aromatic rings. The molecule has 1 aliphatic rings. The third kappa shape index (κ3) is 2.76. The predicted molar refractivity (Wildman–Crippen MR) is 70.3 cm³/mol. The van der Waals surface area contributed by atoms with Crippen molar-refractivity contribution in [3.63, 3.8) is 0 Å². The molecule has 2 atom stereocenters. The minimum atomic E-state index is 0.154. The molecule has 1 heterocycles. The van der Waals surface area contributed by atoms with Crippen molar-refractivity contribution in [3.8, 4) is 11.5 Å². The summed E-state index contributed by atoms with van der Waals surface area (Å²) in [5.74, 6) is 1.77. The van der Waals surface area contributed by atoms with Gasteiger partial charge in [0.15, 0.2) is 11.5 Å². The Morgan fingerprint density at radius 2 is 2.22 bits per heavy atom. The number of rotatable bonds is 4. The van der Waals surface area contributed by atoms with Gasteiger partial charge in [0.2, 0.25) is 0 Å². The summed E-state index contributed by atoms with van der Waals surface area (Å²) in [7, 11) is 1.65. The van der Waals surface area contributed by atoms with Crippen molar-refractivity contribution in [2.75, 3.05) is 26.9 Å². The topological polar surface area (TPSA) is 53.7 Å². The molecule has 0 aromatic heterocycles. The molecular formula is C14H21NO3. The fraction of sp³-hybridized carbons (Fsp3) is 0.571. The van der Waals surface area contributed by atoms with Crippen molar-refractivity contribution >= 4 is 0 Å². The lowest BCUT2D eigenvalue weighted by Crippen LogP contribution is -2.36. The van der Waals surface area contributed by atoms with Crippen LogP contribution in [0, 0.1) is 0 Å². The Kier molecular flexibility index (Phi) is 4.44. The van der Waals surface area contributed by atoms with Crippen LogP contribution in [-0.2, 0) is 4.74 Å². The zero-order valence-corrected chi connectivity index (χ0v) is 11.0. The first-order valence-corrected chi connectivity index (χ1v) is 6.40. The van der Waals surface area contributed by atoms with Crippen molar-refractivity contribution in [2.24, 2.45) is 5.73 Å². The van der Waals surface area contributed by atoms with Gasteiger partial charge in [-0.2, -0.15) is 0 Å². The van der Waals surface area contributed by atoms with E-state index in [2.05, 4.69) is 0 Å². The molecule has 1 aliphatic heterocycles. The second kappa shape index (κ2) is 6.07. The van der Waals surface area contributed by atoms with Gasteiger partial charge in [-0.25, -0.2) is 0 Å². The smallest absolute Gasteiger partial charge is 0.161 e. The molecule has 2 rings (SSSR count). The van der Waals surface area contributed by atoms with Gasteiger partial charge < -0.3 is 19.9 Å². The first kappa shape index (κ1) is 13.2. The molecule has 1 aromatic carbocycles. The normalized spacial score (nSPS) is 23.7. The Bertz CT molecular complexity index is 395. The highest BCUT2D eigenvalue weighted by Crippen LogP contribution is 2.33. The van der Waals surface area contributed by atoms with Gasteiger partial charge in [0, 0.05) is 18.6 Å². The maximum absolute atomic E-state index is 6.15. The van der Waals surface area contributed by atoms with Crippen LogP contribution in [-0.4, -0.2) is 33.0 Å². The molecule has 0 saturated carbocycles. The van der Waals surface area contributed by atoms with E-state index in [-0.39, 0.29) is 12.0 Å². The van der Waals surface area contributed by atoms with E-state index in [0.717, 1.165) is 30.1 Å². The lowest BCUT2D eigenvalue weighted by molar-refractivity contribution is 0.0690. The molecule has 0 spiro atoms. The van der Waals surface area contributed by atoms with E-state index in [4.69, 9.17) is 19.9 Å². The Morgan fingerprint density at radius 3 is 2.89 bits per heavy atom. The Hall–Kier alpha value is -1.26. The van der Waals surface area contributed by atoms with Crippen LogP contribution in [0.2, 0.25) is 0 Å². The third-order valence-corrected chi connectivity index (χ3v) is 3.33. The van der Waals surface area contributed by atoms with Crippen LogP contribution in [0.1, 0.15) is 24.8 Å². The van der Waals surface area contributed by atoms with E-state index in [1.165, 1.54) is 0 Å². The summed E-state index contributed by atoms with van der Waals surface area (Å²) >= 11 is 0. The average molecular weight is 251 g/mol. The summed E-state index contributed by atoms with van der Waals surface area (Å²) in [5, 5.41) is 0. The highest BCUT2D eigenvalue weighted by atomic mass is 16.5. The lowest BCUT2D eigenvalue weighted by Gasteiger charge is -2.29. The highest BCUT2D eigenvalue weighted by Gasteiger charge is 2.25. The van der Waals surface area contributed by atoms with Crippen molar-refractivity contribution in [2.45, 2.75) is 25.3 Å². The van der Waals surface area contributed by atoms with Gasteiger partial charge in [0.1, 0.15) is 0 Å². The first-order valence-electron chi connectivity index (χ1n) is 6.40. The number of nitrogens with two attached hydrogens (primary N) is 1. The molecule has 0 bridgehead atoms. The number of benzene rings is 1. The fourth-order valence-corrected chi connectivity index (χ4v) is 2.29. The maximum Gasteiger partial charge on any atom is 0.161 e. The van der Waals surface area contributed by atoms with Crippen LogP contribution in [0.4, 0.5) is 0 Å². The van der Waals surface area contributed by atoms with Gasteiger partial charge in [-0.1, -0.05) is 6.07 Å². The van der Waals surface area contributed by atoms with Gasteiger partial charge in [-0.3, -0.25) is 0 Å². The van der Waals surface area contributed by atoms with Gasteiger partial charge >= 0.3 is 0 Å². The summed E-state index contributed by atoms with van der Waals surface area (Å²) in [6, 6.07) is 6.14. The van der Waals surface area contributed by atoms with Gasteiger partial charge in [0.05, 0.1) is 20.3 Å². The van der Waals surface area contributed by atoms with Gasteiger partial charge in [-0.05, 0) is 31.0 Å². The zero-order valence-electron chi connectivity index (χ0n) is 11.0. The Balaban J connectivity index is 2.24. The predicted octanol–water partition coefficient (Wildman–Crippen LogP) is 1.93. The summed E-state index contributed by atoms with van der Waals surface area (Å²) < 4.78 is 16.4. The fourth-order valence-electron chi connectivity index (χ4n) is 2.29. The summed E-state index contributed by atoms with van der Waals surface area (Å²) in [6.07, 6.45) is 0.903. The van der Waals surface area contributed by atoms with Crippen molar-refractivity contribution in [1.29, 1.82) is 0 Å². The second-order valence-electron chi connectivity index (χ2n) is 4.48. The minimum Gasteiger partial charge on any atom is -0.493 e. The van der Waals surface area contributed by atoms with Crippen molar-refractivity contribution in [3.05, 3.63) is 23.8 Å². The van der Waals surface area contributed by atoms with Gasteiger partial charge in [-0.15, -0.1) is 0 Å². The SMILES string of the molecule is CCOc1cc(C2COCCC2N)ccc1OC. The van der Waals surface area contributed by atoms with Crippen LogP contribution in [0.5, 0.6) is 11.5 Å². The van der Waals surface area contributed by atoms with Gasteiger partial charge in [0.25, 0.3) is 0 Å². The molecule has 4 nitrogen and oxygen atoms in total. The Morgan fingerprint density at radius 1 is 1.39 bits per heavy atom. The molecule has 2 N–H and O–H groups in total. The molecular weight excluding hydrogens is 230 g/mol. The zero-order chi connectivity index (χ0) is 13.0. The lowest BCUT2D eigenvalue weighted by atomic mass is 9.89. The van der Waals surface area contributed by atoms with E-state index in [1.807, 2.05) is 25.1 Å². The molecule has 2 unspecified atom stereocenters. The van der Waals surface area contributed by atoms with Crippen molar-refractivity contribution in [1.82, 2.24) is 0 Å². The largest absolute Gasteiger partial charge is 0.493 e. The van der Waals surface area contributed by atoms with E-state index in [1.54, 1.807) is 7.11 Å². The maximum atomic E-state index is 6.15. The van der Waals surface area contributed by atoms with E-state index in [9.17, 15) is 0 Å². The van der Waals surface area contributed by atoms with E-state index < -0.39 is 0 Å².